The second-order valence-electron chi connectivity index (χ2n) is 9.03. The summed E-state index contributed by atoms with van der Waals surface area (Å²) in [5.41, 5.74) is 3.24. The van der Waals surface area contributed by atoms with Crippen LogP contribution >= 0.6 is 11.3 Å². The lowest BCUT2D eigenvalue weighted by Crippen LogP contribution is -2.48. The fourth-order valence-electron chi connectivity index (χ4n) is 5.21. The van der Waals surface area contributed by atoms with Gasteiger partial charge >= 0.3 is 0 Å². The minimum Gasteiger partial charge on any atom is -0.338 e. The number of fused-ring (bicyclic) bond motifs is 1. The van der Waals surface area contributed by atoms with Crippen LogP contribution in [0.3, 0.4) is 0 Å². The van der Waals surface area contributed by atoms with Crippen molar-refractivity contribution in [3.05, 3.63) is 52.5 Å². The van der Waals surface area contributed by atoms with Gasteiger partial charge in [0.25, 0.3) is 5.91 Å². The molecular formula is C26H31N3OS. The summed E-state index contributed by atoms with van der Waals surface area (Å²) in [5.74, 6) is 0.162. The van der Waals surface area contributed by atoms with Crippen molar-refractivity contribution in [1.29, 1.82) is 0 Å². The molecule has 0 spiro atoms. The first-order chi connectivity index (χ1) is 15.1. The highest BCUT2D eigenvalue weighted by Gasteiger charge is 2.29. The van der Waals surface area contributed by atoms with Crippen LogP contribution in [0.15, 0.2) is 36.4 Å². The molecule has 0 atom stereocenters. The van der Waals surface area contributed by atoms with Crippen molar-refractivity contribution < 1.29 is 4.79 Å². The maximum absolute atomic E-state index is 13.3. The average Bonchev–Trinajstić information content (AvgIpc) is 3.21. The number of aromatic nitrogens is 1. The Labute approximate surface area is 188 Å². The van der Waals surface area contributed by atoms with Gasteiger partial charge in [-0.15, -0.1) is 11.3 Å². The maximum Gasteiger partial charge on any atom is 0.265 e. The summed E-state index contributed by atoms with van der Waals surface area (Å²) in [6.45, 7) is 8.31. The normalized spacial score (nSPS) is 18.6. The number of thiazole rings is 1. The third-order valence-corrected chi connectivity index (χ3v) is 8.20. The van der Waals surface area contributed by atoms with Gasteiger partial charge < -0.3 is 9.80 Å². The van der Waals surface area contributed by atoms with Gasteiger partial charge in [-0.25, -0.2) is 4.98 Å². The SMILES string of the molecule is Cc1nc(-c2ccc(C)c3ccccc23)sc1C(=O)N1CCC(N2CCCCC2)CC1. The Morgan fingerprint density at radius 2 is 1.65 bits per heavy atom. The first-order valence-electron chi connectivity index (χ1n) is 11.6. The molecule has 2 aliphatic heterocycles. The highest BCUT2D eigenvalue weighted by Crippen LogP contribution is 2.35. The summed E-state index contributed by atoms with van der Waals surface area (Å²) >= 11 is 1.55. The highest BCUT2D eigenvalue weighted by atomic mass is 32.1. The topological polar surface area (TPSA) is 36.4 Å². The van der Waals surface area contributed by atoms with Crippen LogP contribution in [0.4, 0.5) is 0 Å². The lowest BCUT2D eigenvalue weighted by atomic mass is 10.00. The largest absolute Gasteiger partial charge is 0.338 e. The molecule has 2 fully saturated rings. The number of likely N-dealkylation sites (tertiary alicyclic amines) is 2. The van der Waals surface area contributed by atoms with E-state index in [-0.39, 0.29) is 5.91 Å². The number of aryl methyl sites for hydroxylation is 2. The van der Waals surface area contributed by atoms with Crippen LogP contribution in [-0.4, -0.2) is 52.9 Å². The Bertz CT molecular complexity index is 1090. The van der Waals surface area contributed by atoms with Crippen LogP contribution in [0, 0.1) is 13.8 Å². The van der Waals surface area contributed by atoms with Gasteiger partial charge in [-0.2, -0.15) is 0 Å². The molecule has 0 aliphatic carbocycles. The molecule has 5 rings (SSSR count). The zero-order valence-corrected chi connectivity index (χ0v) is 19.4. The Hall–Kier alpha value is -2.24. The molecule has 0 saturated carbocycles. The van der Waals surface area contributed by atoms with Crippen LogP contribution in [0.1, 0.15) is 53.0 Å². The third-order valence-electron chi connectivity index (χ3n) is 7.02. The minimum absolute atomic E-state index is 0.162. The van der Waals surface area contributed by atoms with Crippen molar-refractivity contribution in [2.24, 2.45) is 0 Å². The van der Waals surface area contributed by atoms with E-state index in [2.05, 4.69) is 53.1 Å². The Kier molecular flexibility index (Phi) is 5.81. The number of nitrogens with zero attached hydrogens (tertiary/aromatic N) is 3. The molecule has 5 heteroatoms. The average molecular weight is 434 g/mol. The van der Waals surface area contributed by atoms with E-state index in [4.69, 9.17) is 4.98 Å². The van der Waals surface area contributed by atoms with E-state index in [1.807, 2.05) is 6.92 Å². The predicted octanol–water partition coefficient (Wildman–Crippen LogP) is 5.67. The molecule has 0 N–H and O–H groups in total. The number of carbonyl (C=O) groups is 1. The molecular weight excluding hydrogens is 402 g/mol. The summed E-state index contributed by atoms with van der Waals surface area (Å²) < 4.78 is 0. The van der Waals surface area contributed by atoms with Crippen molar-refractivity contribution in [2.45, 2.75) is 52.0 Å². The van der Waals surface area contributed by atoms with Gasteiger partial charge in [0, 0.05) is 24.7 Å². The summed E-state index contributed by atoms with van der Waals surface area (Å²) in [4.78, 5) is 23.7. The van der Waals surface area contributed by atoms with Gasteiger partial charge in [0.15, 0.2) is 0 Å². The zero-order valence-electron chi connectivity index (χ0n) is 18.6. The molecule has 31 heavy (non-hydrogen) atoms. The molecule has 162 valence electrons. The van der Waals surface area contributed by atoms with Crippen molar-refractivity contribution in [1.82, 2.24) is 14.8 Å². The highest BCUT2D eigenvalue weighted by molar-refractivity contribution is 7.17. The number of rotatable bonds is 3. The quantitative estimate of drug-likeness (QED) is 0.534. The van der Waals surface area contributed by atoms with Crippen molar-refractivity contribution >= 4 is 28.0 Å². The molecule has 2 saturated heterocycles. The van der Waals surface area contributed by atoms with Crippen LogP contribution in [0.5, 0.6) is 0 Å². The number of hydrogen-bond acceptors (Lipinski definition) is 4. The Morgan fingerprint density at radius 3 is 2.39 bits per heavy atom. The summed E-state index contributed by atoms with van der Waals surface area (Å²) in [6, 6.07) is 13.4. The predicted molar refractivity (Wildman–Crippen MR) is 129 cm³/mol. The molecule has 0 bridgehead atoms. The van der Waals surface area contributed by atoms with Crippen molar-refractivity contribution in [3.8, 4) is 10.6 Å². The van der Waals surface area contributed by atoms with Gasteiger partial charge in [0.2, 0.25) is 0 Å². The molecule has 3 heterocycles. The van der Waals surface area contributed by atoms with Gasteiger partial charge in [-0.3, -0.25) is 4.79 Å². The second-order valence-corrected chi connectivity index (χ2v) is 10.0. The van der Waals surface area contributed by atoms with Crippen molar-refractivity contribution in [3.63, 3.8) is 0 Å². The number of benzene rings is 2. The lowest BCUT2D eigenvalue weighted by Gasteiger charge is -2.40. The molecule has 1 aromatic heterocycles. The van der Waals surface area contributed by atoms with Crippen molar-refractivity contribution in [2.75, 3.05) is 26.2 Å². The van der Waals surface area contributed by atoms with Gasteiger partial charge in [-0.1, -0.05) is 42.8 Å². The Morgan fingerprint density at radius 1 is 0.935 bits per heavy atom. The summed E-state index contributed by atoms with van der Waals surface area (Å²) in [6.07, 6.45) is 6.22. The van der Waals surface area contributed by atoms with E-state index in [0.717, 1.165) is 47.1 Å². The van der Waals surface area contributed by atoms with E-state index >= 15 is 0 Å². The van der Waals surface area contributed by atoms with Crippen LogP contribution in [0.25, 0.3) is 21.3 Å². The van der Waals surface area contributed by atoms with Crippen LogP contribution in [0.2, 0.25) is 0 Å². The molecule has 2 aliphatic rings. The Balaban J connectivity index is 1.35. The maximum atomic E-state index is 13.3. The number of amides is 1. The molecule has 4 nitrogen and oxygen atoms in total. The molecule has 1 amide bonds. The van der Waals surface area contributed by atoms with Gasteiger partial charge in [-0.05, 0) is 69.0 Å². The van der Waals surface area contributed by atoms with E-state index in [0.29, 0.717) is 6.04 Å². The number of hydrogen-bond donors (Lipinski definition) is 0. The fraction of sp³-hybridized carbons (Fsp3) is 0.462. The lowest BCUT2D eigenvalue weighted by molar-refractivity contribution is 0.0593. The zero-order chi connectivity index (χ0) is 21.4. The minimum atomic E-state index is 0.162. The third kappa shape index (κ3) is 4.01. The first-order valence-corrected chi connectivity index (χ1v) is 12.4. The van der Waals surface area contributed by atoms with E-state index in [1.165, 1.54) is 48.7 Å². The molecule has 0 unspecified atom stereocenters. The van der Waals surface area contributed by atoms with E-state index in [1.54, 1.807) is 11.3 Å². The van der Waals surface area contributed by atoms with E-state index in [9.17, 15) is 4.79 Å². The van der Waals surface area contributed by atoms with Gasteiger partial charge in [0.05, 0.1) is 5.69 Å². The summed E-state index contributed by atoms with van der Waals surface area (Å²) in [7, 11) is 0. The second kappa shape index (κ2) is 8.71. The fourth-order valence-corrected chi connectivity index (χ4v) is 6.28. The van der Waals surface area contributed by atoms with E-state index < -0.39 is 0 Å². The smallest absolute Gasteiger partial charge is 0.265 e. The standard InChI is InChI=1S/C26H31N3OS/c1-18-10-11-23(22-9-5-4-8-21(18)22)25-27-19(2)24(31-25)26(30)29-16-12-20(13-17-29)28-14-6-3-7-15-28/h4-5,8-11,20H,3,6-7,12-17H2,1-2H3. The first kappa shape index (κ1) is 20.7. The van der Waals surface area contributed by atoms with Crippen LogP contribution in [-0.2, 0) is 0 Å². The molecule has 3 aromatic rings. The molecule has 0 radical (unpaired) electrons. The monoisotopic (exact) mass is 433 g/mol. The molecule has 2 aromatic carbocycles. The van der Waals surface area contributed by atoms with Crippen LogP contribution < -0.4 is 0 Å². The number of carbonyl (C=O) groups excluding carboxylic acids is 1. The summed E-state index contributed by atoms with van der Waals surface area (Å²) in [5, 5.41) is 3.40. The number of piperidine rings is 2. The van der Waals surface area contributed by atoms with Gasteiger partial charge in [0.1, 0.15) is 9.88 Å².